The molecule has 2 aromatic carbocycles. The second kappa shape index (κ2) is 9.11. The standard InChI is InChI=1S/C25H19F4N5O2/c26-19-10-15(16-12-30-24(31-13-16)34-7-5-14(6-8-34)9-22(35)36)1-3-18(19)23-32-20-4-2-17(25(27,28)29)11-21(20)33-23/h1,3,10-14H,5-9H2,(H,32,33)(H,35,36). The van der Waals surface area contributed by atoms with Crippen LogP contribution in [0.2, 0.25) is 0 Å². The SMILES string of the molecule is O=C(O)CC1CCN(c2ncc(-c3ccc(-c4nc5cc(C(F)(F)F)c#cc5[nH]4)c(F)c3)cn2)CC1. The van der Waals surface area contributed by atoms with Crippen LogP contribution in [0.5, 0.6) is 0 Å². The number of hydrogen-bond acceptors (Lipinski definition) is 5. The highest BCUT2D eigenvalue weighted by molar-refractivity contribution is 5.79. The lowest BCUT2D eigenvalue weighted by Gasteiger charge is -2.31. The van der Waals surface area contributed by atoms with Crippen molar-refractivity contribution < 1.29 is 27.5 Å². The lowest BCUT2D eigenvalue weighted by Crippen LogP contribution is -2.35. The van der Waals surface area contributed by atoms with Crippen molar-refractivity contribution in [3.63, 3.8) is 0 Å². The number of rotatable bonds is 5. The molecule has 5 rings (SSSR count). The number of anilines is 1. The van der Waals surface area contributed by atoms with Crippen LogP contribution >= 0.6 is 0 Å². The number of carboxylic acid groups (broad SMARTS) is 1. The van der Waals surface area contributed by atoms with Crippen molar-refractivity contribution in [1.29, 1.82) is 0 Å². The molecule has 1 saturated heterocycles. The van der Waals surface area contributed by atoms with E-state index in [9.17, 15) is 22.4 Å². The lowest BCUT2D eigenvalue weighted by molar-refractivity contribution is -0.138. The summed E-state index contributed by atoms with van der Waals surface area (Å²) in [5.41, 5.74) is 0.411. The first-order valence-electron chi connectivity index (χ1n) is 11.2. The molecule has 4 aromatic rings. The second-order valence-corrected chi connectivity index (χ2v) is 8.65. The van der Waals surface area contributed by atoms with Gasteiger partial charge in [0, 0.05) is 37.5 Å². The van der Waals surface area contributed by atoms with E-state index in [0.29, 0.717) is 30.2 Å². The highest BCUT2D eigenvalue weighted by Crippen LogP contribution is 2.31. The van der Waals surface area contributed by atoms with E-state index in [0.717, 1.165) is 18.9 Å². The van der Waals surface area contributed by atoms with Gasteiger partial charge in [-0.1, -0.05) is 12.1 Å². The van der Waals surface area contributed by atoms with Gasteiger partial charge in [0.1, 0.15) is 22.7 Å². The topological polar surface area (TPSA) is 95.0 Å². The van der Waals surface area contributed by atoms with Crippen molar-refractivity contribution in [3.8, 4) is 22.5 Å². The fraction of sp³-hybridized carbons (Fsp3) is 0.280. The van der Waals surface area contributed by atoms with Gasteiger partial charge in [0.2, 0.25) is 5.95 Å². The van der Waals surface area contributed by atoms with E-state index in [1.165, 1.54) is 12.1 Å². The minimum Gasteiger partial charge on any atom is -0.481 e. The van der Waals surface area contributed by atoms with Crippen LogP contribution in [0, 0.1) is 23.9 Å². The molecule has 0 atom stereocenters. The van der Waals surface area contributed by atoms with E-state index in [4.69, 9.17) is 5.11 Å². The average Bonchev–Trinajstić information content (AvgIpc) is 3.27. The predicted molar refractivity (Wildman–Crippen MR) is 122 cm³/mol. The molecular formula is C25H19F4N5O2. The van der Waals surface area contributed by atoms with Gasteiger partial charge in [0.25, 0.3) is 0 Å². The van der Waals surface area contributed by atoms with E-state index in [1.54, 1.807) is 18.5 Å². The number of hydrogen-bond donors (Lipinski definition) is 2. The average molecular weight is 497 g/mol. The number of benzene rings is 1. The maximum Gasteiger partial charge on any atom is 0.424 e. The van der Waals surface area contributed by atoms with Crippen molar-refractivity contribution in [1.82, 2.24) is 19.9 Å². The second-order valence-electron chi connectivity index (χ2n) is 8.65. The first kappa shape index (κ1) is 23.5. The fourth-order valence-corrected chi connectivity index (χ4v) is 4.27. The maximum atomic E-state index is 15.0. The van der Waals surface area contributed by atoms with Gasteiger partial charge in [0.15, 0.2) is 0 Å². The zero-order valence-corrected chi connectivity index (χ0v) is 18.7. The van der Waals surface area contributed by atoms with Crippen molar-refractivity contribution in [2.24, 2.45) is 5.92 Å². The Balaban J connectivity index is 1.32. The quantitative estimate of drug-likeness (QED) is 0.371. The molecule has 7 nitrogen and oxygen atoms in total. The van der Waals surface area contributed by atoms with Gasteiger partial charge >= 0.3 is 12.1 Å². The summed E-state index contributed by atoms with van der Waals surface area (Å²) in [5.74, 6) is -0.653. The van der Waals surface area contributed by atoms with Gasteiger partial charge in [-0.25, -0.2) is 19.3 Å². The van der Waals surface area contributed by atoms with E-state index in [2.05, 4.69) is 26.0 Å². The van der Waals surface area contributed by atoms with Crippen LogP contribution in [0.15, 0.2) is 36.7 Å². The Labute approximate surface area is 202 Å². The molecule has 1 fully saturated rings. The number of nitrogens with zero attached hydrogens (tertiary/aromatic N) is 4. The first-order valence-corrected chi connectivity index (χ1v) is 11.2. The summed E-state index contributed by atoms with van der Waals surface area (Å²) in [6, 6.07) is 9.69. The van der Waals surface area contributed by atoms with Crippen LogP contribution < -0.4 is 4.90 Å². The van der Waals surface area contributed by atoms with Crippen molar-refractivity contribution in [2.75, 3.05) is 18.0 Å². The number of aromatic amines is 1. The zero-order valence-electron chi connectivity index (χ0n) is 18.7. The number of H-pyrrole nitrogens is 1. The molecule has 0 saturated carbocycles. The predicted octanol–water partition coefficient (Wildman–Crippen LogP) is 5.14. The van der Waals surface area contributed by atoms with Crippen LogP contribution in [-0.2, 0) is 11.0 Å². The van der Waals surface area contributed by atoms with Gasteiger partial charge in [-0.2, -0.15) is 13.2 Å². The van der Waals surface area contributed by atoms with Crippen LogP contribution in [0.1, 0.15) is 24.8 Å². The summed E-state index contributed by atoms with van der Waals surface area (Å²) >= 11 is 0. The third-order valence-electron chi connectivity index (χ3n) is 6.20. The smallest absolute Gasteiger partial charge is 0.424 e. The van der Waals surface area contributed by atoms with Gasteiger partial charge < -0.3 is 15.0 Å². The Morgan fingerprint density at radius 2 is 1.83 bits per heavy atom. The fourth-order valence-electron chi connectivity index (χ4n) is 4.27. The molecule has 36 heavy (non-hydrogen) atoms. The Kier molecular flexibility index (Phi) is 5.96. The highest BCUT2D eigenvalue weighted by Gasteiger charge is 2.31. The maximum absolute atomic E-state index is 15.0. The Hall–Kier alpha value is -4.20. The monoisotopic (exact) mass is 497 g/mol. The van der Waals surface area contributed by atoms with E-state index in [1.807, 2.05) is 11.0 Å². The number of alkyl halides is 3. The Morgan fingerprint density at radius 1 is 1.11 bits per heavy atom. The number of aliphatic carboxylic acids is 1. The number of carboxylic acids is 1. The van der Waals surface area contributed by atoms with Gasteiger partial charge in [0.05, 0.1) is 11.1 Å². The lowest BCUT2D eigenvalue weighted by atomic mass is 9.94. The molecule has 2 N–H and O–H groups in total. The van der Waals surface area contributed by atoms with E-state index >= 15 is 0 Å². The molecule has 2 aromatic heterocycles. The van der Waals surface area contributed by atoms with Crippen LogP contribution in [0.4, 0.5) is 23.5 Å². The van der Waals surface area contributed by atoms with Crippen LogP contribution in [0.25, 0.3) is 33.5 Å². The van der Waals surface area contributed by atoms with Gasteiger partial charge in [-0.15, -0.1) is 0 Å². The summed E-state index contributed by atoms with van der Waals surface area (Å²) in [7, 11) is 0. The minimum atomic E-state index is -4.58. The summed E-state index contributed by atoms with van der Waals surface area (Å²) in [5, 5.41) is 8.95. The number of piperidine rings is 1. The molecule has 11 heteroatoms. The number of fused-ring (bicyclic) bond motifs is 1. The van der Waals surface area contributed by atoms with Gasteiger partial charge in [-0.3, -0.25) is 4.79 Å². The molecular weight excluding hydrogens is 478 g/mol. The highest BCUT2D eigenvalue weighted by atomic mass is 19.4. The molecule has 1 aliphatic rings. The van der Waals surface area contributed by atoms with Crippen molar-refractivity contribution in [2.45, 2.75) is 25.4 Å². The number of imidazole rings is 1. The molecule has 0 radical (unpaired) electrons. The zero-order chi connectivity index (χ0) is 25.4. The molecule has 0 spiro atoms. The summed E-state index contributed by atoms with van der Waals surface area (Å²) in [6.07, 6.45) is 0.257. The number of halogens is 4. The van der Waals surface area contributed by atoms with Crippen molar-refractivity contribution in [3.05, 3.63) is 60.2 Å². The van der Waals surface area contributed by atoms with E-state index in [-0.39, 0.29) is 34.8 Å². The molecule has 0 aliphatic carbocycles. The van der Waals surface area contributed by atoms with Crippen LogP contribution in [0.3, 0.4) is 0 Å². The first-order chi connectivity index (χ1) is 17.2. The largest absolute Gasteiger partial charge is 0.481 e. The Bertz CT molecular complexity index is 1410. The minimum absolute atomic E-state index is 0.00975. The van der Waals surface area contributed by atoms with E-state index < -0.39 is 23.5 Å². The molecule has 184 valence electrons. The molecule has 1 aliphatic heterocycles. The number of nitrogens with one attached hydrogen (secondary N) is 1. The summed E-state index contributed by atoms with van der Waals surface area (Å²) in [4.78, 5) is 28.5. The molecule has 3 heterocycles. The number of aromatic nitrogens is 4. The summed E-state index contributed by atoms with van der Waals surface area (Å²) < 4.78 is 53.7. The van der Waals surface area contributed by atoms with Gasteiger partial charge in [-0.05, 0) is 48.6 Å². The van der Waals surface area contributed by atoms with Crippen molar-refractivity contribution >= 4 is 23.0 Å². The Morgan fingerprint density at radius 3 is 2.47 bits per heavy atom. The number of carbonyl (C=O) groups is 1. The third kappa shape index (κ3) is 4.79. The molecule has 0 bridgehead atoms. The normalized spacial score (nSPS) is 14.7. The molecule has 0 unspecified atom stereocenters. The van der Waals surface area contributed by atoms with Crippen LogP contribution in [-0.4, -0.2) is 44.1 Å². The summed E-state index contributed by atoms with van der Waals surface area (Å²) in [6.45, 7) is 1.33. The third-order valence-corrected chi connectivity index (χ3v) is 6.20. The molecule has 0 amide bonds.